The lowest BCUT2D eigenvalue weighted by atomic mass is 9.79. The minimum absolute atomic E-state index is 0.0723. The van der Waals surface area contributed by atoms with E-state index in [0.29, 0.717) is 6.42 Å². The number of carbonyl (C=O) groups excluding carboxylic acids is 2. The molecule has 1 aliphatic carbocycles. The van der Waals surface area contributed by atoms with Gasteiger partial charge in [0.25, 0.3) is 5.91 Å². The topological polar surface area (TPSA) is 79.8 Å². The van der Waals surface area contributed by atoms with Crippen LogP contribution in [0.4, 0.5) is 0 Å². The summed E-state index contributed by atoms with van der Waals surface area (Å²) in [6, 6.07) is 7.32. The van der Waals surface area contributed by atoms with Crippen LogP contribution in [-0.4, -0.2) is 31.6 Å². The van der Waals surface area contributed by atoms with E-state index in [1.165, 1.54) is 0 Å². The van der Waals surface area contributed by atoms with Gasteiger partial charge in [-0.3, -0.25) is 9.59 Å². The number of hydrogen-bond acceptors (Lipinski definition) is 5. The van der Waals surface area contributed by atoms with Crippen molar-refractivity contribution >= 4 is 17.9 Å². The average Bonchev–Trinajstić information content (AvgIpc) is 2.52. The maximum Gasteiger partial charge on any atom is 0.259 e. The molecule has 0 radical (unpaired) electrons. The fourth-order valence-electron chi connectivity index (χ4n) is 2.56. The Bertz CT molecular complexity index is 661. The molecule has 0 atom stereocenters. The molecule has 1 aromatic carbocycles. The predicted molar refractivity (Wildman–Crippen MR) is 92.8 cm³/mol. The van der Waals surface area contributed by atoms with Gasteiger partial charge in [0.2, 0.25) is 0 Å². The van der Waals surface area contributed by atoms with E-state index >= 15 is 0 Å². The minimum Gasteiger partial charge on any atom is -0.497 e. The van der Waals surface area contributed by atoms with E-state index < -0.39 is 0 Å². The Kier molecular flexibility index (Phi) is 5.73. The molecule has 24 heavy (non-hydrogen) atoms. The van der Waals surface area contributed by atoms with Gasteiger partial charge in [-0.2, -0.15) is 5.10 Å². The number of hydrazone groups is 1. The Morgan fingerprint density at radius 1 is 1.29 bits per heavy atom. The highest BCUT2D eigenvalue weighted by molar-refractivity contribution is 5.92. The molecule has 0 unspecified atom stereocenters. The van der Waals surface area contributed by atoms with Crippen molar-refractivity contribution in [2.75, 3.05) is 13.7 Å². The first kappa shape index (κ1) is 17.7. The minimum atomic E-state index is -0.267. The van der Waals surface area contributed by atoms with Crippen molar-refractivity contribution < 1.29 is 14.3 Å². The molecule has 0 saturated heterocycles. The lowest BCUT2D eigenvalue weighted by Crippen LogP contribution is -2.34. The molecule has 1 aromatic rings. The van der Waals surface area contributed by atoms with Crippen molar-refractivity contribution in [2.24, 2.45) is 10.5 Å². The number of ketones is 1. The van der Waals surface area contributed by atoms with E-state index in [4.69, 9.17) is 4.74 Å². The summed E-state index contributed by atoms with van der Waals surface area (Å²) in [5.74, 6) is 0.585. The van der Waals surface area contributed by atoms with Gasteiger partial charge in [0.05, 0.1) is 19.9 Å². The molecule has 0 aromatic heterocycles. The van der Waals surface area contributed by atoms with Gasteiger partial charge < -0.3 is 10.1 Å². The molecule has 2 rings (SSSR count). The molecule has 0 heterocycles. The SMILES string of the molecule is COc1ccc(/C=N\NC(=O)CNC2=CC(=O)CC(C)(C)C2)cc1. The summed E-state index contributed by atoms with van der Waals surface area (Å²) in [6.45, 7) is 4.16. The first-order valence-electron chi connectivity index (χ1n) is 7.81. The van der Waals surface area contributed by atoms with E-state index in [-0.39, 0.29) is 23.7 Å². The van der Waals surface area contributed by atoms with Gasteiger partial charge >= 0.3 is 0 Å². The lowest BCUT2D eigenvalue weighted by Gasteiger charge is -2.29. The highest BCUT2D eigenvalue weighted by atomic mass is 16.5. The summed E-state index contributed by atoms with van der Waals surface area (Å²) in [5, 5.41) is 6.92. The van der Waals surface area contributed by atoms with Crippen LogP contribution >= 0.6 is 0 Å². The second-order valence-corrected chi connectivity index (χ2v) is 6.57. The second kappa shape index (κ2) is 7.77. The molecular formula is C18H23N3O3. The molecule has 2 N–H and O–H groups in total. The van der Waals surface area contributed by atoms with Crippen LogP contribution in [0.5, 0.6) is 5.75 Å². The van der Waals surface area contributed by atoms with Crippen LogP contribution in [0.2, 0.25) is 0 Å². The van der Waals surface area contributed by atoms with E-state index in [2.05, 4.69) is 15.8 Å². The summed E-state index contributed by atoms with van der Waals surface area (Å²) in [4.78, 5) is 23.5. The fraction of sp³-hybridized carbons (Fsp3) is 0.389. The van der Waals surface area contributed by atoms with E-state index in [0.717, 1.165) is 23.4 Å². The standard InChI is InChI=1S/C18H23N3O3/c1-18(2)9-14(8-15(22)10-18)19-12-17(23)21-20-11-13-4-6-16(24-3)7-5-13/h4-8,11,19H,9-10,12H2,1-3H3,(H,21,23)/b20-11-. The Labute approximate surface area is 142 Å². The maximum absolute atomic E-state index is 11.8. The first-order chi connectivity index (χ1) is 11.4. The van der Waals surface area contributed by atoms with Crippen molar-refractivity contribution in [3.05, 3.63) is 41.6 Å². The van der Waals surface area contributed by atoms with Crippen LogP contribution in [0.3, 0.4) is 0 Å². The third-order valence-electron chi connectivity index (χ3n) is 3.65. The van der Waals surface area contributed by atoms with Gasteiger partial charge in [-0.05, 0) is 41.7 Å². The van der Waals surface area contributed by atoms with E-state index in [9.17, 15) is 9.59 Å². The Balaban J connectivity index is 1.79. The lowest BCUT2D eigenvalue weighted by molar-refractivity contribution is -0.120. The maximum atomic E-state index is 11.8. The molecule has 0 bridgehead atoms. The molecule has 6 heteroatoms. The van der Waals surface area contributed by atoms with Crippen LogP contribution < -0.4 is 15.5 Å². The summed E-state index contributed by atoms with van der Waals surface area (Å²) >= 11 is 0. The number of ether oxygens (including phenoxy) is 1. The van der Waals surface area contributed by atoms with Crippen molar-refractivity contribution in [1.29, 1.82) is 0 Å². The van der Waals surface area contributed by atoms with Crippen molar-refractivity contribution in [2.45, 2.75) is 26.7 Å². The Morgan fingerprint density at radius 2 is 2.00 bits per heavy atom. The third kappa shape index (κ3) is 5.53. The third-order valence-corrected chi connectivity index (χ3v) is 3.65. The predicted octanol–water partition coefficient (Wildman–Crippen LogP) is 2.01. The van der Waals surface area contributed by atoms with Gasteiger partial charge in [-0.15, -0.1) is 0 Å². The molecule has 0 aliphatic heterocycles. The zero-order chi connectivity index (χ0) is 17.6. The number of benzene rings is 1. The van der Waals surface area contributed by atoms with Crippen LogP contribution in [0.1, 0.15) is 32.3 Å². The normalized spacial score (nSPS) is 16.6. The zero-order valence-corrected chi connectivity index (χ0v) is 14.3. The number of amides is 1. The molecule has 1 amide bonds. The summed E-state index contributed by atoms with van der Waals surface area (Å²) in [6.07, 6.45) is 4.43. The molecule has 1 aliphatic rings. The van der Waals surface area contributed by atoms with Crippen LogP contribution in [0, 0.1) is 5.41 Å². The number of rotatable bonds is 6. The summed E-state index contributed by atoms with van der Waals surface area (Å²) < 4.78 is 5.07. The molecular weight excluding hydrogens is 306 g/mol. The Morgan fingerprint density at radius 3 is 2.62 bits per heavy atom. The smallest absolute Gasteiger partial charge is 0.259 e. The quantitative estimate of drug-likeness (QED) is 0.618. The molecule has 0 spiro atoms. The Hall–Kier alpha value is -2.63. The summed E-state index contributed by atoms with van der Waals surface area (Å²) in [7, 11) is 1.60. The van der Waals surface area contributed by atoms with Gasteiger partial charge in [-0.25, -0.2) is 5.43 Å². The largest absolute Gasteiger partial charge is 0.497 e. The van der Waals surface area contributed by atoms with E-state index in [1.54, 1.807) is 19.4 Å². The van der Waals surface area contributed by atoms with Crippen molar-refractivity contribution in [3.63, 3.8) is 0 Å². The van der Waals surface area contributed by atoms with Gasteiger partial charge in [0.15, 0.2) is 5.78 Å². The number of nitrogens with zero attached hydrogens (tertiary/aromatic N) is 1. The fourth-order valence-corrected chi connectivity index (χ4v) is 2.56. The number of allylic oxidation sites excluding steroid dienone is 2. The van der Waals surface area contributed by atoms with Crippen LogP contribution in [0.25, 0.3) is 0 Å². The molecule has 0 saturated carbocycles. The highest BCUT2D eigenvalue weighted by Crippen LogP contribution is 2.32. The van der Waals surface area contributed by atoms with Gasteiger partial charge in [0, 0.05) is 18.2 Å². The van der Waals surface area contributed by atoms with Crippen LogP contribution in [-0.2, 0) is 9.59 Å². The number of nitrogens with one attached hydrogen (secondary N) is 2. The summed E-state index contributed by atoms with van der Waals surface area (Å²) in [5.41, 5.74) is 4.03. The molecule has 0 fully saturated rings. The number of carbonyl (C=O) groups is 2. The van der Waals surface area contributed by atoms with E-state index in [1.807, 2.05) is 38.1 Å². The average molecular weight is 329 g/mol. The highest BCUT2D eigenvalue weighted by Gasteiger charge is 2.27. The van der Waals surface area contributed by atoms with Gasteiger partial charge in [-0.1, -0.05) is 13.8 Å². The second-order valence-electron chi connectivity index (χ2n) is 6.57. The monoisotopic (exact) mass is 329 g/mol. The first-order valence-corrected chi connectivity index (χ1v) is 7.81. The van der Waals surface area contributed by atoms with Crippen LogP contribution in [0.15, 0.2) is 41.1 Å². The van der Waals surface area contributed by atoms with Crippen molar-refractivity contribution in [1.82, 2.24) is 10.7 Å². The van der Waals surface area contributed by atoms with Gasteiger partial charge in [0.1, 0.15) is 5.75 Å². The zero-order valence-electron chi connectivity index (χ0n) is 14.3. The number of hydrogen-bond donors (Lipinski definition) is 2. The molecule has 6 nitrogen and oxygen atoms in total. The van der Waals surface area contributed by atoms with Crippen molar-refractivity contribution in [3.8, 4) is 5.75 Å². The molecule has 128 valence electrons. The number of methoxy groups -OCH3 is 1.